The number of aromatic hydroxyl groups is 1. The molecule has 1 fully saturated rings. The Morgan fingerprint density at radius 3 is 2.65 bits per heavy atom. The number of aromatic amines is 1. The number of ketones is 1. The Morgan fingerprint density at radius 1 is 1.31 bits per heavy atom. The third kappa shape index (κ3) is 3.77. The number of aromatic nitrogens is 3. The summed E-state index contributed by atoms with van der Waals surface area (Å²) in [5.74, 6) is -0.315. The molecule has 1 aliphatic carbocycles. The summed E-state index contributed by atoms with van der Waals surface area (Å²) in [6.07, 6.45) is 4.63. The molecule has 1 aliphatic rings. The number of nitrogen functional groups attached to an aromatic ring is 1. The molecule has 5 N–H and O–H groups in total. The highest BCUT2D eigenvalue weighted by molar-refractivity contribution is 5.86. The molecule has 0 unspecified atom stereocenters. The fourth-order valence-electron chi connectivity index (χ4n) is 3.12. The van der Waals surface area contributed by atoms with Crippen LogP contribution >= 0.6 is 0 Å². The molecule has 0 radical (unpaired) electrons. The van der Waals surface area contributed by atoms with Gasteiger partial charge in [-0.1, -0.05) is 24.9 Å². The summed E-state index contributed by atoms with van der Waals surface area (Å²) in [6.45, 7) is 2.00. The highest BCUT2D eigenvalue weighted by Crippen LogP contribution is 2.35. The van der Waals surface area contributed by atoms with Gasteiger partial charge in [-0.25, -0.2) is 0 Å². The van der Waals surface area contributed by atoms with Gasteiger partial charge in [0.1, 0.15) is 5.78 Å². The minimum absolute atomic E-state index is 0.0668. The monoisotopic (exact) mass is 364 g/mol. The molecular formula is C17H24N4O5. The fraction of sp³-hybridized carbons (Fsp3) is 0.529. The lowest BCUT2D eigenvalue weighted by molar-refractivity contribution is -0.122. The molecule has 9 heteroatoms. The van der Waals surface area contributed by atoms with E-state index in [-0.39, 0.29) is 29.0 Å². The molecule has 2 aromatic heterocycles. The molecule has 26 heavy (non-hydrogen) atoms. The lowest BCUT2D eigenvalue weighted by atomic mass is 9.83. The zero-order valence-electron chi connectivity index (χ0n) is 14.9. The van der Waals surface area contributed by atoms with E-state index in [1.54, 1.807) is 0 Å². The number of carbonyl (C=O) groups excluding carboxylic acids is 1. The molecule has 1 saturated carbocycles. The van der Waals surface area contributed by atoms with E-state index in [0.717, 1.165) is 38.4 Å². The van der Waals surface area contributed by atoms with Crippen molar-refractivity contribution in [3.63, 3.8) is 0 Å². The highest BCUT2D eigenvalue weighted by atomic mass is 16.5. The Hall–Kier alpha value is -2.68. The van der Waals surface area contributed by atoms with Gasteiger partial charge in [-0.2, -0.15) is 4.98 Å². The summed E-state index contributed by atoms with van der Waals surface area (Å²) in [5.41, 5.74) is 5.80. The van der Waals surface area contributed by atoms with Gasteiger partial charge in [-0.05, 0) is 19.3 Å². The molecule has 0 aliphatic heterocycles. The maximum Gasteiger partial charge on any atom is 0.278 e. The van der Waals surface area contributed by atoms with Crippen LogP contribution in [0, 0.1) is 0 Å². The Morgan fingerprint density at radius 2 is 2.04 bits per heavy atom. The number of anilines is 1. The molecule has 0 spiro atoms. The number of nitrogens with zero attached hydrogens (tertiary/aromatic N) is 2. The standard InChI is InChI=1S/C16H20N4O4.CH4O/c1-2-5-9-12(8-6-3-4-7-10(8)21)20-24-13(9)14-18-15(22)11(17)16(23)19-14;1-2/h8H,2-7,17H2,1H3,(H2,18,19,22,23);2H,1H3/t8-;/m0./s1. The van der Waals surface area contributed by atoms with Crippen LogP contribution in [0.4, 0.5) is 5.69 Å². The number of carbonyl (C=O) groups is 1. The van der Waals surface area contributed by atoms with Crippen LogP contribution in [0.1, 0.15) is 56.2 Å². The predicted molar refractivity (Wildman–Crippen MR) is 94.8 cm³/mol. The van der Waals surface area contributed by atoms with Crippen molar-refractivity contribution in [2.75, 3.05) is 12.8 Å². The van der Waals surface area contributed by atoms with Crippen LogP contribution in [0.2, 0.25) is 0 Å². The first-order chi connectivity index (χ1) is 12.5. The van der Waals surface area contributed by atoms with Gasteiger partial charge < -0.3 is 25.5 Å². The molecule has 142 valence electrons. The van der Waals surface area contributed by atoms with Crippen molar-refractivity contribution in [2.45, 2.75) is 51.4 Å². The van der Waals surface area contributed by atoms with Crippen molar-refractivity contribution in [2.24, 2.45) is 0 Å². The van der Waals surface area contributed by atoms with Gasteiger partial charge in [0.05, 0.1) is 11.6 Å². The number of rotatable bonds is 4. The van der Waals surface area contributed by atoms with Crippen molar-refractivity contribution in [1.29, 1.82) is 0 Å². The Balaban J connectivity index is 0.00000117. The van der Waals surface area contributed by atoms with Crippen LogP contribution in [-0.4, -0.2) is 38.2 Å². The zero-order chi connectivity index (χ0) is 19.3. The summed E-state index contributed by atoms with van der Waals surface area (Å²) in [7, 11) is 1.00. The Labute approximate surface area is 150 Å². The lowest BCUT2D eigenvalue weighted by Gasteiger charge is -2.19. The van der Waals surface area contributed by atoms with E-state index in [2.05, 4.69) is 15.1 Å². The molecule has 0 saturated heterocycles. The summed E-state index contributed by atoms with van der Waals surface area (Å²) in [6, 6.07) is 0. The Bertz CT molecular complexity index is 827. The van der Waals surface area contributed by atoms with Crippen LogP contribution in [0.15, 0.2) is 9.32 Å². The van der Waals surface area contributed by atoms with Gasteiger partial charge in [0.2, 0.25) is 11.6 Å². The van der Waals surface area contributed by atoms with Crippen LogP contribution in [0.25, 0.3) is 11.6 Å². The second-order valence-corrected chi connectivity index (χ2v) is 6.04. The first-order valence-corrected chi connectivity index (χ1v) is 8.58. The van der Waals surface area contributed by atoms with E-state index in [1.165, 1.54) is 0 Å². The largest absolute Gasteiger partial charge is 0.492 e. The molecule has 0 aromatic carbocycles. The Kier molecular flexibility index (Phi) is 6.51. The minimum Gasteiger partial charge on any atom is -0.492 e. The fourth-order valence-corrected chi connectivity index (χ4v) is 3.12. The van der Waals surface area contributed by atoms with Gasteiger partial charge in [-0.3, -0.25) is 9.59 Å². The molecule has 1 atom stereocenters. The second-order valence-electron chi connectivity index (χ2n) is 6.04. The summed E-state index contributed by atoms with van der Waals surface area (Å²) in [4.78, 5) is 30.4. The lowest BCUT2D eigenvalue weighted by Crippen LogP contribution is -2.18. The van der Waals surface area contributed by atoms with Gasteiger partial charge in [-0.15, -0.1) is 0 Å². The minimum atomic E-state index is -0.647. The number of nitrogens with two attached hydrogens (primary N) is 1. The van der Waals surface area contributed by atoms with E-state index in [1.807, 2.05) is 6.92 Å². The molecule has 0 amide bonds. The maximum absolute atomic E-state index is 12.2. The van der Waals surface area contributed by atoms with Gasteiger partial charge >= 0.3 is 0 Å². The number of H-pyrrole nitrogens is 1. The van der Waals surface area contributed by atoms with E-state index in [9.17, 15) is 14.7 Å². The summed E-state index contributed by atoms with van der Waals surface area (Å²) in [5, 5.41) is 20.8. The topological polar surface area (TPSA) is 155 Å². The van der Waals surface area contributed by atoms with Crippen molar-refractivity contribution in [1.82, 2.24) is 15.1 Å². The number of nitrogens with one attached hydrogen (secondary N) is 1. The number of hydrogen-bond donors (Lipinski definition) is 4. The average molecular weight is 364 g/mol. The third-order valence-electron chi connectivity index (χ3n) is 4.35. The molecule has 2 heterocycles. The van der Waals surface area contributed by atoms with E-state index < -0.39 is 11.4 Å². The number of aliphatic hydroxyl groups is 1. The predicted octanol–water partition coefficient (Wildman–Crippen LogP) is 1.50. The first-order valence-electron chi connectivity index (χ1n) is 8.58. The summed E-state index contributed by atoms with van der Waals surface area (Å²) < 4.78 is 5.40. The van der Waals surface area contributed by atoms with E-state index in [0.29, 0.717) is 18.5 Å². The van der Waals surface area contributed by atoms with E-state index in [4.69, 9.17) is 15.4 Å². The highest BCUT2D eigenvalue weighted by Gasteiger charge is 2.31. The van der Waals surface area contributed by atoms with Crippen molar-refractivity contribution in [3.8, 4) is 17.5 Å². The second kappa shape index (κ2) is 8.61. The zero-order valence-corrected chi connectivity index (χ0v) is 14.9. The molecular weight excluding hydrogens is 340 g/mol. The molecule has 2 aromatic rings. The number of aliphatic hydroxyl groups excluding tert-OH is 1. The van der Waals surface area contributed by atoms with Crippen LogP contribution in [-0.2, 0) is 11.2 Å². The smallest absolute Gasteiger partial charge is 0.278 e. The van der Waals surface area contributed by atoms with Crippen molar-refractivity contribution >= 4 is 11.5 Å². The van der Waals surface area contributed by atoms with Gasteiger partial charge in [0.15, 0.2) is 11.5 Å². The molecule has 0 bridgehead atoms. The van der Waals surface area contributed by atoms with Crippen molar-refractivity contribution in [3.05, 3.63) is 21.6 Å². The van der Waals surface area contributed by atoms with Crippen LogP contribution < -0.4 is 11.3 Å². The van der Waals surface area contributed by atoms with Gasteiger partial charge in [0.25, 0.3) is 5.56 Å². The average Bonchev–Trinajstić information content (AvgIpc) is 3.05. The van der Waals surface area contributed by atoms with Crippen LogP contribution in [0.3, 0.4) is 0 Å². The maximum atomic E-state index is 12.2. The van der Waals surface area contributed by atoms with Crippen LogP contribution in [0.5, 0.6) is 5.88 Å². The summed E-state index contributed by atoms with van der Waals surface area (Å²) >= 11 is 0. The van der Waals surface area contributed by atoms with Crippen molar-refractivity contribution < 1.29 is 19.5 Å². The quantitative estimate of drug-likeness (QED) is 0.636. The normalized spacial score (nSPS) is 16.9. The van der Waals surface area contributed by atoms with E-state index >= 15 is 0 Å². The van der Waals surface area contributed by atoms with Gasteiger partial charge in [0, 0.05) is 19.1 Å². The number of Topliss-reactive ketones (excluding diaryl/α,β-unsaturated/α-hetero) is 1. The number of hydrogen-bond acceptors (Lipinski definition) is 8. The molecule has 3 rings (SSSR count). The SMILES string of the molecule is CCCc1c([C@H]2CCCCC2=O)noc1-c1nc(O)c(N)c(=O)[nH]1.CO. The molecule has 9 nitrogen and oxygen atoms in total. The first kappa shape index (κ1) is 19.6. The third-order valence-corrected chi connectivity index (χ3v) is 4.35.